The monoisotopic (exact) mass is 291 g/mol. The van der Waals surface area contributed by atoms with Crippen LogP contribution in [-0.2, 0) is 4.79 Å². The molecule has 1 aliphatic rings. The van der Waals surface area contributed by atoms with Crippen molar-refractivity contribution < 1.29 is 9.72 Å². The number of nitro benzene ring substituents is 1. The van der Waals surface area contributed by atoms with E-state index in [2.05, 4.69) is 24.1 Å². The lowest BCUT2D eigenvalue weighted by Crippen LogP contribution is -2.47. The molecule has 0 bridgehead atoms. The number of carbonyl (C=O) groups is 1. The van der Waals surface area contributed by atoms with Crippen molar-refractivity contribution in [2.45, 2.75) is 45.2 Å². The van der Waals surface area contributed by atoms with E-state index in [0.717, 1.165) is 12.8 Å². The first-order valence-electron chi connectivity index (χ1n) is 7.28. The molecule has 1 aromatic carbocycles. The van der Waals surface area contributed by atoms with Crippen molar-refractivity contribution in [3.63, 3.8) is 0 Å². The molecule has 1 N–H and O–H groups in total. The number of nitrogens with one attached hydrogen (secondary N) is 1. The summed E-state index contributed by atoms with van der Waals surface area (Å²) in [6.07, 6.45) is 3.36. The quantitative estimate of drug-likeness (QED) is 0.683. The number of likely N-dealkylation sites (tertiary alicyclic amines) is 1. The van der Waals surface area contributed by atoms with Crippen molar-refractivity contribution in [3.8, 4) is 0 Å². The number of nitro groups is 1. The number of hydrogen-bond acceptors (Lipinski definition) is 4. The average Bonchev–Trinajstić information content (AvgIpc) is 2.43. The van der Waals surface area contributed by atoms with E-state index in [1.807, 2.05) is 0 Å². The van der Waals surface area contributed by atoms with Gasteiger partial charge in [0.05, 0.1) is 11.5 Å². The highest BCUT2D eigenvalue weighted by molar-refractivity contribution is 5.94. The van der Waals surface area contributed by atoms with E-state index in [-0.39, 0.29) is 23.8 Å². The maximum absolute atomic E-state index is 12.2. The second-order valence-corrected chi connectivity index (χ2v) is 5.62. The third-order valence-corrected chi connectivity index (χ3v) is 4.08. The zero-order valence-corrected chi connectivity index (χ0v) is 12.4. The van der Waals surface area contributed by atoms with Crippen molar-refractivity contribution in [1.82, 2.24) is 4.90 Å². The summed E-state index contributed by atoms with van der Waals surface area (Å²) in [7, 11) is 0. The van der Waals surface area contributed by atoms with Crippen molar-refractivity contribution in [3.05, 3.63) is 34.4 Å². The molecule has 2 rings (SSSR count). The third-order valence-electron chi connectivity index (χ3n) is 4.08. The molecule has 1 aromatic rings. The van der Waals surface area contributed by atoms with Gasteiger partial charge in [0.1, 0.15) is 5.69 Å². The van der Waals surface area contributed by atoms with Crippen LogP contribution in [0.5, 0.6) is 0 Å². The first-order chi connectivity index (χ1) is 9.99. The molecule has 0 spiro atoms. The summed E-state index contributed by atoms with van der Waals surface area (Å²) in [6, 6.07) is 6.94. The standard InChI is InChI=1S/C15H21N3O3/c1-11-6-5-7-12(2)17(11)10-15(19)16-13-8-3-4-9-14(13)18(20)21/h3-4,8-9,11-12H,5-7,10H2,1-2H3,(H,16,19). The molecule has 0 aliphatic carbocycles. The number of rotatable bonds is 4. The van der Waals surface area contributed by atoms with Gasteiger partial charge in [-0.3, -0.25) is 19.8 Å². The Hall–Kier alpha value is -1.95. The first-order valence-corrected chi connectivity index (χ1v) is 7.28. The molecule has 0 saturated carbocycles. The maximum Gasteiger partial charge on any atom is 0.292 e. The van der Waals surface area contributed by atoms with Gasteiger partial charge in [-0.15, -0.1) is 0 Å². The first kappa shape index (κ1) is 15.4. The zero-order chi connectivity index (χ0) is 15.4. The number of carbonyl (C=O) groups excluding carboxylic acids is 1. The molecule has 6 nitrogen and oxygen atoms in total. The van der Waals surface area contributed by atoms with Crippen LogP contribution in [0.2, 0.25) is 0 Å². The third kappa shape index (κ3) is 3.78. The maximum atomic E-state index is 12.2. The minimum Gasteiger partial charge on any atom is -0.319 e. The fourth-order valence-corrected chi connectivity index (χ4v) is 2.88. The van der Waals surface area contributed by atoms with Crippen molar-refractivity contribution in [2.75, 3.05) is 11.9 Å². The van der Waals surface area contributed by atoms with Gasteiger partial charge in [-0.25, -0.2) is 0 Å². The Labute approximate surface area is 124 Å². The molecule has 6 heteroatoms. The van der Waals surface area contributed by atoms with Crippen LogP contribution in [0.4, 0.5) is 11.4 Å². The van der Waals surface area contributed by atoms with Gasteiger partial charge >= 0.3 is 0 Å². The highest BCUT2D eigenvalue weighted by Gasteiger charge is 2.26. The number of benzene rings is 1. The Morgan fingerprint density at radius 2 is 1.95 bits per heavy atom. The summed E-state index contributed by atoms with van der Waals surface area (Å²) in [5, 5.41) is 13.6. The fraction of sp³-hybridized carbons (Fsp3) is 0.533. The van der Waals surface area contributed by atoms with Gasteiger partial charge in [0.25, 0.3) is 5.69 Å². The smallest absolute Gasteiger partial charge is 0.292 e. The Balaban J connectivity index is 2.03. The number of amides is 1. The normalized spacial score (nSPS) is 22.8. The Kier molecular flexibility index (Phi) is 4.90. The highest BCUT2D eigenvalue weighted by atomic mass is 16.6. The summed E-state index contributed by atoms with van der Waals surface area (Å²) in [5.74, 6) is -0.204. The lowest BCUT2D eigenvalue weighted by Gasteiger charge is -2.38. The number of nitrogens with zero attached hydrogens (tertiary/aromatic N) is 2. The lowest BCUT2D eigenvalue weighted by atomic mass is 9.97. The topological polar surface area (TPSA) is 75.5 Å². The van der Waals surface area contributed by atoms with Gasteiger partial charge in [-0.2, -0.15) is 0 Å². The van der Waals surface area contributed by atoms with Gasteiger partial charge in [-0.1, -0.05) is 18.6 Å². The molecule has 1 heterocycles. The zero-order valence-electron chi connectivity index (χ0n) is 12.4. The molecule has 0 aromatic heterocycles. The predicted octanol–water partition coefficient (Wildman–Crippen LogP) is 2.80. The van der Waals surface area contributed by atoms with Crippen molar-refractivity contribution in [1.29, 1.82) is 0 Å². The van der Waals surface area contributed by atoms with Crippen LogP contribution in [0.15, 0.2) is 24.3 Å². The van der Waals surface area contributed by atoms with Crippen LogP contribution in [0.3, 0.4) is 0 Å². The van der Waals surface area contributed by atoms with E-state index in [4.69, 9.17) is 0 Å². The van der Waals surface area contributed by atoms with Crippen LogP contribution < -0.4 is 5.32 Å². The summed E-state index contributed by atoms with van der Waals surface area (Å²) < 4.78 is 0. The predicted molar refractivity (Wildman–Crippen MR) is 81.2 cm³/mol. The summed E-state index contributed by atoms with van der Waals surface area (Å²) in [6.45, 7) is 4.51. The van der Waals surface area contributed by atoms with Crippen molar-refractivity contribution in [2.24, 2.45) is 0 Å². The van der Waals surface area contributed by atoms with Crippen LogP contribution >= 0.6 is 0 Å². The molecular weight excluding hydrogens is 270 g/mol. The molecule has 114 valence electrons. The van der Waals surface area contributed by atoms with E-state index in [1.54, 1.807) is 18.2 Å². The molecule has 1 fully saturated rings. The summed E-state index contributed by atoms with van der Waals surface area (Å²) in [5.41, 5.74) is 0.176. The number of piperidine rings is 1. The highest BCUT2D eigenvalue weighted by Crippen LogP contribution is 2.24. The molecule has 1 amide bonds. The minimum atomic E-state index is -0.484. The van der Waals surface area contributed by atoms with E-state index >= 15 is 0 Å². The molecule has 21 heavy (non-hydrogen) atoms. The minimum absolute atomic E-state index is 0.0782. The van der Waals surface area contributed by atoms with Crippen molar-refractivity contribution >= 4 is 17.3 Å². The van der Waals surface area contributed by atoms with Gasteiger partial charge < -0.3 is 5.32 Å². The molecule has 2 atom stereocenters. The molecular formula is C15H21N3O3. The van der Waals surface area contributed by atoms with Crippen LogP contribution in [0.1, 0.15) is 33.1 Å². The number of hydrogen-bond donors (Lipinski definition) is 1. The van der Waals surface area contributed by atoms with E-state index < -0.39 is 4.92 Å². The number of para-hydroxylation sites is 2. The lowest BCUT2D eigenvalue weighted by molar-refractivity contribution is -0.383. The Bertz CT molecular complexity index is 523. The van der Waals surface area contributed by atoms with Crippen LogP contribution in [-0.4, -0.2) is 34.4 Å². The second-order valence-electron chi connectivity index (χ2n) is 5.62. The Morgan fingerprint density at radius 1 is 1.33 bits per heavy atom. The summed E-state index contributed by atoms with van der Waals surface area (Å²) in [4.78, 5) is 24.8. The van der Waals surface area contributed by atoms with E-state index in [1.165, 1.54) is 12.5 Å². The van der Waals surface area contributed by atoms with Gasteiger partial charge in [0.15, 0.2) is 0 Å². The van der Waals surface area contributed by atoms with Crippen LogP contribution in [0.25, 0.3) is 0 Å². The molecule has 1 saturated heterocycles. The second kappa shape index (κ2) is 6.67. The van der Waals surface area contributed by atoms with Gasteiger partial charge in [-0.05, 0) is 32.8 Å². The molecule has 0 radical (unpaired) electrons. The average molecular weight is 291 g/mol. The molecule has 2 unspecified atom stereocenters. The largest absolute Gasteiger partial charge is 0.319 e. The van der Waals surface area contributed by atoms with E-state index in [0.29, 0.717) is 12.1 Å². The van der Waals surface area contributed by atoms with Gasteiger partial charge in [0.2, 0.25) is 5.91 Å². The van der Waals surface area contributed by atoms with E-state index in [9.17, 15) is 14.9 Å². The summed E-state index contributed by atoms with van der Waals surface area (Å²) >= 11 is 0. The fourth-order valence-electron chi connectivity index (χ4n) is 2.88. The van der Waals surface area contributed by atoms with Crippen LogP contribution in [0, 0.1) is 10.1 Å². The number of anilines is 1. The SMILES string of the molecule is CC1CCCC(C)N1CC(=O)Nc1ccccc1[N+](=O)[O-]. The Morgan fingerprint density at radius 3 is 2.57 bits per heavy atom. The van der Waals surface area contributed by atoms with Gasteiger partial charge in [0, 0.05) is 18.2 Å². The molecule has 1 aliphatic heterocycles.